The van der Waals surface area contributed by atoms with Crippen LogP contribution in [0.4, 0.5) is 4.79 Å². The predicted octanol–water partition coefficient (Wildman–Crippen LogP) is 7.44. The Hall–Kier alpha value is -4.15. The van der Waals surface area contributed by atoms with Crippen LogP contribution in [0.15, 0.2) is 91.0 Å². The Labute approximate surface area is 321 Å². The minimum Gasteiger partial charge on any atom is -0.445 e. The van der Waals surface area contributed by atoms with Crippen molar-refractivity contribution in [1.82, 2.24) is 15.5 Å². The first-order valence-electron chi connectivity index (χ1n) is 20.1. The van der Waals surface area contributed by atoms with Gasteiger partial charge in [0.05, 0.1) is 17.6 Å². The summed E-state index contributed by atoms with van der Waals surface area (Å²) in [5, 5.41) is 6.30. The van der Waals surface area contributed by atoms with Gasteiger partial charge in [0.1, 0.15) is 18.7 Å². The number of hydrogen-bond acceptors (Lipinski definition) is 6. The van der Waals surface area contributed by atoms with Crippen LogP contribution < -0.4 is 10.6 Å². The van der Waals surface area contributed by atoms with Crippen molar-refractivity contribution >= 4 is 25.0 Å². The highest BCUT2D eigenvalue weighted by Gasteiger charge is 2.68. The van der Waals surface area contributed by atoms with Gasteiger partial charge in [0.25, 0.3) is 0 Å². The molecule has 3 aromatic carbocycles. The third kappa shape index (κ3) is 7.69. The molecule has 0 radical (unpaired) electrons. The van der Waals surface area contributed by atoms with Crippen LogP contribution in [-0.4, -0.2) is 66.2 Å². The Morgan fingerprint density at radius 3 is 2.17 bits per heavy atom. The third-order valence-corrected chi connectivity index (χ3v) is 13.0. The number of benzene rings is 3. The molecule has 0 aromatic heterocycles. The smallest absolute Gasteiger partial charge is 0.445 e. The third-order valence-electron chi connectivity index (χ3n) is 13.0. The quantitative estimate of drug-likeness (QED) is 0.132. The number of carbonyl (C=O) groups is 3. The molecule has 10 heteroatoms. The number of likely N-dealkylation sites (tertiary alicyclic amines) is 1. The summed E-state index contributed by atoms with van der Waals surface area (Å²) in [6, 6.07) is 27.2. The maximum atomic E-state index is 15.0. The summed E-state index contributed by atoms with van der Waals surface area (Å²) >= 11 is 0. The minimum absolute atomic E-state index is 0.01000. The van der Waals surface area contributed by atoms with E-state index in [0.717, 1.165) is 55.2 Å². The van der Waals surface area contributed by atoms with Crippen molar-refractivity contribution in [2.75, 3.05) is 6.54 Å². The van der Waals surface area contributed by atoms with Crippen molar-refractivity contribution in [1.29, 1.82) is 0 Å². The zero-order valence-electron chi connectivity index (χ0n) is 32.2. The highest BCUT2D eigenvalue weighted by Crippen LogP contribution is 2.65. The Morgan fingerprint density at radius 2 is 1.54 bits per heavy atom. The lowest BCUT2D eigenvalue weighted by molar-refractivity contribution is -0.199. The van der Waals surface area contributed by atoms with Gasteiger partial charge in [0.15, 0.2) is 0 Å². The molecule has 3 aromatic rings. The van der Waals surface area contributed by atoms with Crippen molar-refractivity contribution in [2.45, 2.75) is 121 Å². The van der Waals surface area contributed by atoms with Crippen LogP contribution in [0.1, 0.15) is 102 Å². The van der Waals surface area contributed by atoms with Crippen molar-refractivity contribution in [2.24, 2.45) is 17.3 Å². The van der Waals surface area contributed by atoms with Crippen molar-refractivity contribution in [3.63, 3.8) is 0 Å². The summed E-state index contributed by atoms with van der Waals surface area (Å²) < 4.78 is 19.2. The first kappa shape index (κ1) is 38.1. The monoisotopic (exact) mass is 733 g/mol. The van der Waals surface area contributed by atoms with E-state index in [1.165, 1.54) is 0 Å². The first-order chi connectivity index (χ1) is 26.1. The lowest BCUT2D eigenvalue weighted by Crippen LogP contribution is -2.65. The van der Waals surface area contributed by atoms with Gasteiger partial charge in [0.2, 0.25) is 11.8 Å². The van der Waals surface area contributed by atoms with E-state index in [1.807, 2.05) is 91.0 Å². The van der Waals surface area contributed by atoms with Gasteiger partial charge in [-0.15, -0.1) is 0 Å². The van der Waals surface area contributed by atoms with Gasteiger partial charge in [0, 0.05) is 12.5 Å². The fourth-order valence-corrected chi connectivity index (χ4v) is 9.80. The second-order valence-corrected chi connectivity index (χ2v) is 16.6. The molecular weight excluding hydrogens is 677 g/mol. The highest BCUT2D eigenvalue weighted by molar-refractivity contribution is 6.48. The van der Waals surface area contributed by atoms with E-state index in [9.17, 15) is 14.4 Å². The molecule has 7 atom stereocenters. The highest BCUT2D eigenvalue weighted by atomic mass is 16.7. The molecule has 2 saturated heterocycles. The minimum atomic E-state index is -1.04. The number of nitrogens with zero attached hydrogens (tertiary/aromatic N) is 1. The Morgan fingerprint density at radius 1 is 0.889 bits per heavy atom. The molecule has 2 N–H and O–H groups in total. The van der Waals surface area contributed by atoms with E-state index < -0.39 is 31.2 Å². The largest absolute Gasteiger partial charge is 0.481 e. The summed E-state index contributed by atoms with van der Waals surface area (Å²) in [5.74, 6) is -0.358. The number of unbranched alkanes of at least 4 members (excludes halogenated alkanes) is 2. The Balaban J connectivity index is 1.12. The number of hydrogen-bond donors (Lipinski definition) is 2. The SMILES string of the molecule is CCCCCC(NC(=O)[C@@H]1CCCN1C(=O)[C@H](NC(=O)OCc1ccccc1)C(c1ccccc1)c1ccccc1)B1O[C@@H]2C[C@@H]3C[C@@H](C3(C)C)[C@]2(C)O1. The van der Waals surface area contributed by atoms with Crippen LogP contribution in [0, 0.1) is 17.3 Å². The second kappa shape index (κ2) is 16.3. The van der Waals surface area contributed by atoms with E-state index in [-0.39, 0.29) is 41.5 Å². The van der Waals surface area contributed by atoms with Gasteiger partial charge < -0.3 is 29.6 Å². The molecule has 5 aliphatic rings. The van der Waals surface area contributed by atoms with E-state index in [1.54, 1.807) is 4.90 Å². The van der Waals surface area contributed by atoms with Crippen molar-refractivity contribution in [3.05, 3.63) is 108 Å². The average Bonchev–Trinajstić information content (AvgIpc) is 3.82. The van der Waals surface area contributed by atoms with Gasteiger partial charge in [-0.1, -0.05) is 131 Å². The molecule has 5 fully saturated rings. The van der Waals surface area contributed by atoms with Gasteiger partial charge >= 0.3 is 13.2 Å². The molecule has 54 heavy (non-hydrogen) atoms. The summed E-state index contributed by atoms with van der Waals surface area (Å²) in [5.41, 5.74) is 2.41. The molecule has 2 aliphatic heterocycles. The van der Waals surface area contributed by atoms with Crippen molar-refractivity contribution < 1.29 is 28.4 Å². The number of carbonyl (C=O) groups excluding carboxylic acids is 3. The Bertz CT molecular complexity index is 1710. The summed E-state index contributed by atoms with van der Waals surface area (Å²) in [6.45, 7) is 9.54. The summed E-state index contributed by atoms with van der Waals surface area (Å²) in [7, 11) is -0.546. The molecule has 3 amide bonds. The summed E-state index contributed by atoms with van der Waals surface area (Å²) in [4.78, 5) is 44.6. The summed E-state index contributed by atoms with van der Waals surface area (Å²) in [6.07, 6.45) is 6.40. The van der Waals surface area contributed by atoms with Crippen LogP contribution >= 0.6 is 0 Å². The maximum Gasteiger partial charge on any atom is 0.481 e. The molecule has 3 aliphatic carbocycles. The first-order valence-corrected chi connectivity index (χ1v) is 20.1. The fraction of sp³-hybridized carbons (Fsp3) is 0.523. The van der Waals surface area contributed by atoms with Crippen LogP contribution in [0.25, 0.3) is 0 Å². The molecule has 8 rings (SSSR count). The average molecular weight is 734 g/mol. The lowest BCUT2D eigenvalue weighted by Gasteiger charge is -2.64. The van der Waals surface area contributed by atoms with Crippen LogP contribution in [0.5, 0.6) is 0 Å². The number of rotatable bonds is 14. The maximum absolute atomic E-state index is 15.0. The van der Waals surface area contributed by atoms with Gasteiger partial charge in [-0.05, 0) is 73.0 Å². The van der Waals surface area contributed by atoms with Gasteiger partial charge in [-0.25, -0.2) is 4.79 Å². The van der Waals surface area contributed by atoms with E-state index in [0.29, 0.717) is 31.2 Å². The second-order valence-electron chi connectivity index (χ2n) is 16.6. The van der Waals surface area contributed by atoms with Crippen LogP contribution in [-0.2, 0) is 30.2 Å². The molecule has 1 unspecified atom stereocenters. The number of ether oxygens (including phenoxy) is 1. The molecule has 2 bridgehead atoms. The number of amides is 3. The fourth-order valence-electron chi connectivity index (χ4n) is 9.80. The van der Waals surface area contributed by atoms with E-state index >= 15 is 0 Å². The zero-order chi connectivity index (χ0) is 37.9. The molecule has 2 heterocycles. The molecule has 3 saturated carbocycles. The molecule has 9 nitrogen and oxygen atoms in total. The number of nitrogens with one attached hydrogen (secondary N) is 2. The number of alkyl carbamates (subject to hydrolysis) is 1. The normalized spacial score (nSPS) is 26.4. The van der Waals surface area contributed by atoms with Gasteiger partial charge in [-0.2, -0.15) is 0 Å². The standard InChI is InChI=1S/C44H56BN3O6/c1-5-6-10-25-37(45-53-36-28-33-27-35(43(33,2)3)44(36,4)54-45)46-40(49)34-24-17-26-48(34)41(50)39(47-42(51)52-29-30-18-11-7-12-19-30)38(31-20-13-8-14-21-31)32-22-15-9-16-23-32/h7-9,11-16,18-23,33-39H,5-6,10,17,24-29H2,1-4H3,(H,46,49)(H,47,51)/t33-,34-,35-,36+,37?,39+,44-/m0/s1. The van der Waals surface area contributed by atoms with E-state index in [2.05, 4.69) is 38.3 Å². The molecule has 0 spiro atoms. The van der Waals surface area contributed by atoms with Gasteiger partial charge in [-0.3, -0.25) is 9.59 Å². The zero-order valence-corrected chi connectivity index (χ0v) is 32.2. The Kier molecular flexibility index (Phi) is 11.5. The topological polar surface area (TPSA) is 106 Å². The van der Waals surface area contributed by atoms with Crippen molar-refractivity contribution in [3.8, 4) is 0 Å². The predicted molar refractivity (Wildman–Crippen MR) is 209 cm³/mol. The molecule has 286 valence electrons. The van der Waals surface area contributed by atoms with Crippen LogP contribution in [0.2, 0.25) is 0 Å². The van der Waals surface area contributed by atoms with Crippen LogP contribution in [0.3, 0.4) is 0 Å². The lowest BCUT2D eigenvalue weighted by atomic mass is 9.43. The van der Waals surface area contributed by atoms with E-state index in [4.69, 9.17) is 14.0 Å². The molecular formula is C44H56BN3O6.